The van der Waals surface area contributed by atoms with Crippen LogP contribution in [-0.2, 0) is 4.79 Å². The van der Waals surface area contributed by atoms with E-state index in [4.69, 9.17) is 16.6 Å². The molecule has 5 rings (SSSR count). The molecule has 1 aliphatic rings. The van der Waals surface area contributed by atoms with Crippen molar-refractivity contribution in [2.45, 2.75) is 42.3 Å². The third kappa shape index (κ3) is 5.87. The molecular formula is C29H28N4O2S2. The van der Waals surface area contributed by atoms with Crippen LogP contribution >= 0.6 is 24.0 Å². The first kappa shape index (κ1) is 25.0. The molecule has 0 radical (unpaired) electrons. The lowest BCUT2D eigenvalue weighted by Gasteiger charge is -2.25. The van der Waals surface area contributed by atoms with Crippen LogP contribution in [0.25, 0.3) is 0 Å². The molecule has 0 bridgehead atoms. The number of hydrogen-bond acceptors (Lipinski definition) is 5. The zero-order valence-electron chi connectivity index (χ0n) is 20.7. The summed E-state index contributed by atoms with van der Waals surface area (Å²) in [7, 11) is 0. The number of nitrogens with zero attached hydrogens (tertiary/aromatic N) is 2. The SMILES string of the molecule is Cc1ccc(C)c(NC(=O)CCN2C(=S)N[C@@H](c3ccccn3)[C@@H]2c2ccc(Sc3ccccc3)o2)c1. The molecule has 188 valence electrons. The van der Waals surface area contributed by atoms with Gasteiger partial charge in [-0.3, -0.25) is 9.78 Å². The van der Waals surface area contributed by atoms with Crippen LogP contribution in [0.15, 0.2) is 99.5 Å². The van der Waals surface area contributed by atoms with Crippen molar-refractivity contribution in [2.24, 2.45) is 0 Å². The number of furan rings is 1. The van der Waals surface area contributed by atoms with Crippen LogP contribution in [0.5, 0.6) is 0 Å². The third-order valence-electron chi connectivity index (χ3n) is 6.30. The van der Waals surface area contributed by atoms with Crippen LogP contribution in [0, 0.1) is 13.8 Å². The Hall–Kier alpha value is -3.62. The molecule has 6 nitrogen and oxygen atoms in total. The summed E-state index contributed by atoms with van der Waals surface area (Å²) in [6.07, 6.45) is 2.06. The fourth-order valence-electron chi connectivity index (χ4n) is 4.41. The van der Waals surface area contributed by atoms with Gasteiger partial charge < -0.3 is 20.0 Å². The summed E-state index contributed by atoms with van der Waals surface area (Å²) >= 11 is 7.30. The van der Waals surface area contributed by atoms with Crippen LogP contribution in [-0.4, -0.2) is 27.4 Å². The molecule has 0 aliphatic carbocycles. The second kappa shape index (κ2) is 11.2. The fourth-order valence-corrected chi connectivity index (χ4v) is 5.54. The van der Waals surface area contributed by atoms with Crippen molar-refractivity contribution >= 4 is 40.7 Å². The van der Waals surface area contributed by atoms with Gasteiger partial charge in [0, 0.05) is 29.7 Å². The van der Waals surface area contributed by atoms with Crippen molar-refractivity contribution in [1.29, 1.82) is 0 Å². The Kier molecular flexibility index (Phi) is 7.58. The van der Waals surface area contributed by atoms with Gasteiger partial charge in [0.1, 0.15) is 11.8 Å². The molecule has 37 heavy (non-hydrogen) atoms. The lowest BCUT2D eigenvalue weighted by atomic mass is 10.0. The van der Waals surface area contributed by atoms with Gasteiger partial charge in [0.2, 0.25) is 5.91 Å². The third-order valence-corrected chi connectivity index (χ3v) is 7.58. The van der Waals surface area contributed by atoms with E-state index in [9.17, 15) is 4.79 Å². The smallest absolute Gasteiger partial charge is 0.226 e. The normalized spacial score (nSPS) is 17.0. The zero-order valence-corrected chi connectivity index (χ0v) is 22.3. The number of carbonyl (C=O) groups is 1. The average Bonchev–Trinajstić information content (AvgIpc) is 3.49. The molecular weight excluding hydrogens is 500 g/mol. The minimum atomic E-state index is -0.235. The summed E-state index contributed by atoms with van der Waals surface area (Å²) in [6, 6.07) is 25.5. The number of thiocarbonyl (C=S) groups is 1. The Bertz CT molecular complexity index is 1390. The van der Waals surface area contributed by atoms with Crippen LogP contribution in [0.3, 0.4) is 0 Å². The number of pyridine rings is 1. The monoisotopic (exact) mass is 528 g/mol. The van der Waals surface area contributed by atoms with Crippen molar-refractivity contribution in [3.63, 3.8) is 0 Å². The van der Waals surface area contributed by atoms with Crippen molar-refractivity contribution in [1.82, 2.24) is 15.2 Å². The first-order valence-corrected chi connectivity index (χ1v) is 13.4. The topological polar surface area (TPSA) is 70.4 Å². The molecule has 8 heteroatoms. The summed E-state index contributed by atoms with van der Waals surface area (Å²) in [5.41, 5.74) is 3.84. The molecule has 0 saturated carbocycles. The number of rotatable bonds is 8. The molecule has 2 N–H and O–H groups in total. The zero-order chi connectivity index (χ0) is 25.8. The number of anilines is 1. The highest BCUT2D eigenvalue weighted by Gasteiger charge is 2.41. The molecule has 1 amide bonds. The number of benzene rings is 2. The first-order chi connectivity index (χ1) is 18.0. The van der Waals surface area contributed by atoms with Gasteiger partial charge in [-0.25, -0.2) is 0 Å². The van der Waals surface area contributed by atoms with E-state index in [2.05, 4.69) is 27.8 Å². The Labute approximate surface area is 226 Å². The molecule has 1 fully saturated rings. The van der Waals surface area contributed by atoms with E-state index < -0.39 is 0 Å². The Morgan fingerprint density at radius 3 is 2.68 bits per heavy atom. The summed E-state index contributed by atoms with van der Waals surface area (Å²) in [5, 5.41) is 7.84. The number of carbonyl (C=O) groups excluding carboxylic acids is 1. The van der Waals surface area contributed by atoms with Gasteiger partial charge in [-0.2, -0.15) is 0 Å². The van der Waals surface area contributed by atoms with Gasteiger partial charge >= 0.3 is 0 Å². The molecule has 4 aromatic rings. The lowest BCUT2D eigenvalue weighted by molar-refractivity contribution is -0.116. The summed E-state index contributed by atoms with van der Waals surface area (Å²) in [6.45, 7) is 4.45. The maximum Gasteiger partial charge on any atom is 0.226 e. The second-order valence-electron chi connectivity index (χ2n) is 9.01. The number of aryl methyl sites for hydroxylation is 2. The first-order valence-electron chi connectivity index (χ1n) is 12.2. The van der Waals surface area contributed by atoms with Crippen LogP contribution < -0.4 is 10.6 Å². The van der Waals surface area contributed by atoms with Crippen molar-refractivity contribution in [3.05, 3.63) is 108 Å². The molecule has 1 saturated heterocycles. The molecule has 2 aromatic heterocycles. The molecule has 3 heterocycles. The number of nitrogens with one attached hydrogen (secondary N) is 2. The standard InChI is InChI=1S/C29H28N4O2S2/c1-19-11-12-20(2)23(18-19)31-25(34)15-17-33-28(27(32-29(33)36)22-10-6-7-16-30-22)24-13-14-26(35-24)37-21-8-4-3-5-9-21/h3-14,16,18,27-28H,15,17H2,1-2H3,(H,31,34)(H,32,36)/t27-,28-/m0/s1. The minimum absolute atomic E-state index is 0.0590. The van der Waals surface area contributed by atoms with E-state index in [-0.39, 0.29) is 24.4 Å². The largest absolute Gasteiger partial charge is 0.452 e. The molecule has 1 aliphatic heterocycles. The molecule has 0 spiro atoms. The molecule has 2 aromatic carbocycles. The van der Waals surface area contributed by atoms with E-state index in [0.717, 1.165) is 38.3 Å². The molecule has 2 atom stereocenters. The Balaban J connectivity index is 1.36. The second-order valence-corrected chi connectivity index (χ2v) is 10.5. The van der Waals surface area contributed by atoms with E-state index >= 15 is 0 Å². The highest BCUT2D eigenvalue weighted by Crippen LogP contribution is 2.41. The van der Waals surface area contributed by atoms with Gasteiger partial charge in [0.25, 0.3) is 0 Å². The minimum Gasteiger partial charge on any atom is -0.452 e. The number of aromatic nitrogens is 1. The lowest BCUT2D eigenvalue weighted by Crippen LogP contribution is -2.32. The van der Waals surface area contributed by atoms with Gasteiger partial charge in [-0.1, -0.05) is 48.2 Å². The van der Waals surface area contributed by atoms with Crippen LogP contribution in [0.2, 0.25) is 0 Å². The summed E-state index contributed by atoms with van der Waals surface area (Å²) in [5.74, 6) is 0.715. The van der Waals surface area contributed by atoms with Crippen LogP contribution in [0.4, 0.5) is 5.69 Å². The number of amides is 1. The average molecular weight is 529 g/mol. The number of hydrogen-bond donors (Lipinski definition) is 2. The Morgan fingerprint density at radius 2 is 1.89 bits per heavy atom. The highest BCUT2D eigenvalue weighted by atomic mass is 32.2. The van der Waals surface area contributed by atoms with Crippen molar-refractivity contribution in [2.75, 3.05) is 11.9 Å². The van der Waals surface area contributed by atoms with Gasteiger partial charge in [-0.05, 0) is 79.7 Å². The predicted molar refractivity (Wildman–Crippen MR) is 151 cm³/mol. The maximum absolute atomic E-state index is 12.9. The van der Waals surface area contributed by atoms with Crippen molar-refractivity contribution < 1.29 is 9.21 Å². The highest BCUT2D eigenvalue weighted by molar-refractivity contribution is 7.99. The summed E-state index contributed by atoms with van der Waals surface area (Å²) in [4.78, 5) is 20.6. The fraction of sp³-hybridized carbons (Fsp3) is 0.207. The molecule has 0 unspecified atom stereocenters. The predicted octanol–water partition coefficient (Wildman–Crippen LogP) is 6.44. The summed E-state index contributed by atoms with van der Waals surface area (Å²) < 4.78 is 6.33. The maximum atomic E-state index is 12.9. The van der Waals surface area contributed by atoms with E-state index in [1.807, 2.05) is 85.5 Å². The Morgan fingerprint density at radius 1 is 1.08 bits per heavy atom. The van der Waals surface area contributed by atoms with E-state index in [1.165, 1.54) is 0 Å². The van der Waals surface area contributed by atoms with Gasteiger partial charge in [0.05, 0.1) is 11.7 Å². The van der Waals surface area contributed by atoms with E-state index in [1.54, 1.807) is 18.0 Å². The van der Waals surface area contributed by atoms with Crippen molar-refractivity contribution in [3.8, 4) is 0 Å². The quantitative estimate of drug-likeness (QED) is 0.255. The van der Waals surface area contributed by atoms with Gasteiger partial charge in [0.15, 0.2) is 10.2 Å². The van der Waals surface area contributed by atoms with Crippen LogP contribution in [0.1, 0.15) is 41.1 Å². The van der Waals surface area contributed by atoms with Gasteiger partial charge in [-0.15, -0.1) is 0 Å². The van der Waals surface area contributed by atoms with E-state index in [0.29, 0.717) is 11.7 Å².